The quantitative estimate of drug-likeness (QED) is 0.810. The minimum Gasteiger partial charge on any atom is -0.478 e. The van der Waals surface area contributed by atoms with Crippen LogP contribution in [0.1, 0.15) is 51.9 Å². The molecule has 0 aliphatic rings. The highest BCUT2D eigenvalue weighted by atomic mass is 28.3. The predicted octanol–water partition coefficient (Wildman–Crippen LogP) is 4.55. The number of rotatable bonds is 5. The highest BCUT2D eigenvalue weighted by molar-refractivity contribution is 6.95. The molecule has 5 heteroatoms. The fourth-order valence-corrected chi connectivity index (χ4v) is 10.7. The third kappa shape index (κ3) is 2.88. The van der Waals surface area contributed by atoms with Gasteiger partial charge in [0.25, 0.3) is 0 Å². The largest absolute Gasteiger partial charge is 0.478 e. The van der Waals surface area contributed by atoms with E-state index in [9.17, 15) is 13.6 Å². The standard InChI is InChI=1S/C16H24F2O2Si/c1-9(2)21(10(3)4,11(5)6)15-13(17)7-12(16(19)20)8-14(15)18/h7-11H,1-6H3,(H,19,20). The Labute approximate surface area is 126 Å². The lowest BCUT2D eigenvalue weighted by atomic mass is 10.2. The Bertz CT molecular complexity index is 494. The number of carbonyl (C=O) groups is 1. The molecule has 0 radical (unpaired) electrons. The summed E-state index contributed by atoms with van der Waals surface area (Å²) in [6.07, 6.45) is 0. The summed E-state index contributed by atoms with van der Waals surface area (Å²) < 4.78 is 29.2. The van der Waals surface area contributed by atoms with Crippen molar-refractivity contribution in [2.75, 3.05) is 0 Å². The molecule has 21 heavy (non-hydrogen) atoms. The first kappa shape index (κ1) is 17.8. The summed E-state index contributed by atoms with van der Waals surface area (Å²) in [7, 11) is -2.49. The second kappa shape index (κ2) is 6.26. The van der Waals surface area contributed by atoms with Gasteiger partial charge in [-0.25, -0.2) is 13.6 Å². The number of hydrogen-bond donors (Lipinski definition) is 1. The molecule has 1 rings (SSSR count). The van der Waals surface area contributed by atoms with Crippen LogP contribution in [0.15, 0.2) is 12.1 Å². The third-order valence-electron chi connectivity index (χ3n) is 4.59. The van der Waals surface area contributed by atoms with Gasteiger partial charge in [0, 0.05) is 5.19 Å². The molecule has 1 aromatic carbocycles. The maximum absolute atomic E-state index is 14.6. The van der Waals surface area contributed by atoms with Crippen LogP contribution in [0.4, 0.5) is 8.78 Å². The van der Waals surface area contributed by atoms with Crippen molar-refractivity contribution in [1.29, 1.82) is 0 Å². The lowest BCUT2D eigenvalue weighted by Crippen LogP contribution is -2.58. The van der Waals surface area contributed by atoms with Crippen LogP contribution in [-0.4, -0.2) is 19.1 Å². The van der Waals surface area contributed by atoms with E-state index >= 15 is 0 Å². The SMILES string of the molecule is CC(C)[Si](c1c(F)cc(C(=O)O)cc1F)(C(C)C)C(C)C. The Balaban J connectivity index is 3.72. The zero-order chi connectivity index (χ0) is 16.5. The minimum atomic E-state index is -2.49. The summed E-state index contributed by atoms with van der Waals surface area (Å²) >= 11 is 0. The van der Waals surface area contributed by atoms with Crippen LogP contribution < -0.4 is 5.19 Å². The minimum absolute atomic E-state index is 0.146. The molecule has 0 atom stereocenters. The zero-order valence-electron chi connectivity index (χ0n) is 13.5. The molecule has 0 aromatic heterocycles. The topological polar surface area (TPSA) is 37.3 Å². The van der Waals surface area contributed by atoms with Crippen molar-refractivity contribution in [3.05, 3.63) is 29.3 Å². The number of carboxylic acid groups (broad SMARTS) is 1. The molecule has 0 bridgehead atoms. The van der Waals surface area contributed by atoms with Gasteiger partial charge in [-0.05, 0) is 28.8 Å². The van der Waals surface area contributed by atoms with Gasteiger partial charge in [0.2, 0.25) is 0 Å². The monoisotopic (exact) mass is 314 g/mol. The van der Waals surface area contributed by atoms with E-state index in [0.717, 1.165) is 12.1 Å². The summed E-state index contributed by atoms with van der Waals surface area (Å²) in [5.41, 5.74) is 0.111. The van der Waals surface area contributed by atoms with Crippen LogP contribution >= 0.6 is 0 Å². The van der Waals surface area contributed by atoms with E-state index in [1.54, 1.807) is 0 Å². The van der Waals surface area contributed by atoms with Crippen molar-refractivity contribution in [1.82, 2.24) is 0 Å². The fraction of sp³-hybridized carbons (Fsp3) is 0.562. The van der Waals surface area contributed by atoms with Gasteiger partial charge in [-0.1, -0.05) is 41.5 Å². The zero-order valence-corrected chi connectivity index (χ0v) is 14.5. The molecule has 0 aliphatic heterocycles. The number of carboxylic acids is 1. The molecule has 0 saturated heterocycles. The van der Waals surface area contributed by atoms with Gasteiger partial charge in [-0.2, -0.15) is 0 Å². The lowest BCUT2D eigenvalue weighted by Gasteiger charge is -2.43. The smallest absolute Gasteiger partial charge is 0.335 e. The van der Waals surface area contributed by atoms with Crippen LogP contribution in [0.25, 0.3) is 0 Å². The van der Waals surface area contributed by atoms with Gasteiger partial charge in [0.15, 0.2) is 0 Å². The maximum Gasteiger partial charge on any atom is 0.335 e. The van der Waals surface area contributed by atoms with E-state index < -0.39 is 25.7 Å². The average molecular weight is 314 g/mol. The molecule has 0 unspecified atom stereocenters. The lowest BCUT2D eigenvalue weighted by molar-refractivity contribution is 0.0696. The molecular formula is C16H24F2O2Si. The Morgan fingerprint density at radius 2 is 1.29 bits per heavy atom. The summed E-state index contributed by atoms with van der Waals surface area (Å²) in [6.45, 7) is 12.1. The van der Waals surface area contributed by atoms with Gasteiger partial charge < -0.3 is 5.11 Å². The van der Waals surface area contributed by atoms with Crippen LogP contribution in [0.5, 0.6) is 0 Å². The molecule has 1 N–H and O–H groups in total. The normalized spacial score (nSPS) is 12.5. The first-order chi connectivity index (χ1) is 9.56. The summed E-state index contributed by atoms with van der Waals surface area (Å²) in [6, 6.07) is 1.91. The first-order valence-corrected chi connectivity index (χ1v) is 9.52. The van der Waals surface area contributed by atoms with Crippen LogP contribution in [0.3, 0.4) is 0 Å². The first-order valence-electron chi connectivity index (χ1n) is 7.29. The molecule has 0 amide bonds. The van der Waals surface area contributed by atoms with E-state index in [2.05, 4.69) is 0 Å². The molecule has 1 aromatic rings. The van der Waals surface area contributed by atoms with Crippen molar-refractivity contribution in [2.45, 2.75) is 58.2 Å². The summed E-state index contributed by atoms with van der Waals surface area (Å²) in [5.74, 6) is -2.74. The Hall–Kier alpha value is -1.23. The van der Waals surface area contributed by atoms with Gasteiger partial charge in [0.1, 0.15) is 19.7 Å². The van der Waals surface area contributed by atoms with Crippen molar-refractivity contribution < 1.29 is 18.7 Å². The van der Waals surface area contributed by atoms with E-state index in [0.29, 0.717) is 0 Å². The van der Waals surface area contributed by atoms with Gasteiger partial charge in [-0.15, -0.1) is 0 Å². The highest BCUT2D eigenvalue weighted by Gasteiger charge is 2.47. The molecule has 2 nitrogen and oxygen atoms in total. The molecule has 0 aliphatic carbocycles. The number of halogens is 2. The summed E-state index contributed by atoms with van der Waals surface area (Å²) in [5, 5.41) is 9.08. The van der Waals surface area contributed by atoms with Crippen LogP contribution in [0, 0.1) is 11.6 Å². The molecule has 118 valence electrons. The molecule has 0 spiro atoms. The van der Waals surface area contributed by atoms with E-state index in [1.807, 2.05) is 41.5 Å². The van der Waals surface area contributed by atoms with Gasteiger partial charge in [0.05, 0.1) is 5.56 Å². The van der Waals surface area contributed by atoms with E-state index in [-0.39, 0.29) is 27.4 Å². The Morgan fingerprint density at radius 3 is 1.52 bits per heavy atom. The average Bonchev–Trinajstić information content (AvgIpc) is 2.31. The van der Waals surface area contributed by atoms with Crippen LogP contribution in [0.2, 0.25) is 16.6 Å². The van der Waals surface area contributed by atoms with Crippen molar-refractivity contribution in [3.63, 3.8) is 0 Å². The van der Waals surface area contributed by atoms with Gasteiger partial charge >= 0.3 is 5.97 Å². The second-order valence-electron chi connectivity index (χ2n) is 6.52. The number of benzene rings is 1. The van der Waals surface area contributed by atoms with Crippen molar-refractivity contribution >= 4 is 19.2 Å². The fourth-order valence-electron chi connectivity index (χ4n) is 3.98. The van der Waals surface area contributed by atoms with E-state index in [4.69, 9.17) is 5.11 Å². The van der Waals surface area contributed by atoms with Crippen molar-refractivity contribution in [3.8, 4) is 0 Å². The molecular weight excluding hydrogens is 290 g/mol. The summed E-state index contributed by atoms with van der Waals surface area (Å²) in [4.78, 5) is 10.9. The second-order valence-corrected chi connectivity index (χ2v) is 12.3. The number of hydrogen-bond acceptors (Lipinski definition) is 1. The Kier molecular flexibility index (Phi) is 5.31. The molecule has 0 saturated carbocycles. The third-order valence-corrected chi connectivity index (χ3v) is 11.7. The van der Waals surface area contributed by atoms with Gasteiger partial charge in [-0.3, -0.25) is 0 Å². The number of aromatic carboxylic acids is 1. The maximum atomic E-state index is 14.6. The van der Waals surface area contributed by atoms with Crippen LogP contribution in [-0.2, 0) is 0 Å². The predicted molar refractivity (Wildman–Crippen MR) is 84.0 cm³/mol. The van der Waals surface area contributed by atoms with Crippen molar-refractivity contribution in [2.24, 2.45) is 0 Å². The van der Waals surface area contributed by atoms with E-state index in [1.165, 1.54) is 0 Å². The highest BCUT2D eigenvalue weighted by Crippen LogP contribution is 2.42. The Morgan fingerprint density at radius 1 is 0.952 bits per heavy atom. The molecule has 0 heterocycles. The molecule has 0 fully saturated rings.